The smallest absolute Gasteiger partial charge is 0.407 e. The molecule has 0 radical (unpaired) electrons. The first-order valence-electron chi connectivity index (χ1n) is 9.33. The Kier molecular flexibility index (Phi) is 9.00. The Morgan fingerprint density at radius 2 is 1.76 bits per heavy atom. The molecular formula is C20H29F2N3O4. The Bertz CT molecular complexity index is 695. The molecule has 1 aromatic rings. The second-order valence-electron chi connectivity index (χ2n) is 7.75. The summed E-state index contributed by atoms with van der Waals surface area (Å²) >= 11 is 0. The van der Waals surface area contributed by atoms with E-state index in [-0.39, 0.29) is 23.7 Å². The first-order chi connectivity index (χ1) is 13.5. The Balaban J connectivity index is 0.000000296. The number of rotatable bonds is 5. The fourth-order valence-electron chi connectivity index (χ4n) is 2.59. The maximum atomic E-state index is 13.6. The number of nitrogens with two attached hydrogens (primary N) is 1. The van der Waals surface area contributed by atoms with Crippen LogP contribution < -0.4 is 11.1 Å². The van der Waals surface area contributed by atoms with Gasteiger partial charge in [0.25, 0.3) is 0 Å². The van der Waals surface area contributed by atoms with Crippen LogP contribution in [-0.4, -0.2) is 30.0 Å². The third kappa shape index (κ3) is 8.89. The zero-order chi connectivity index (χ0) is 22.1. The Morgan fingerprint density at radius 3 is 2.24 bits per heavy atom. The molecular weight excluding hydrogens is 384 g/mol. The number of carbonyl (C=O) groups excluding carboxylic acids is 2. The molecule has 2 rings (SSSR count). The predicted molar refractivity (Wildman–Crippen MR) is 105 cm³/mol. The van der Waals surface area contributed by atoms with Gasteiger partial charge in [-0.2, -0.15) is 8.78 Å². The highest BCUT2D eigenvalue weighted by Gasteiger charge is 2.37. The first-order valence-corrected chi connectivity index (χ1v) is 9.33. The molecule has 0 saturated heterocycles. The molecule has 1 fully saturated rings. The predicted octanol–water partition coefficient (Wildman–Crippen LogP) is 3.99. The third-order valence-electron chi connectivity index (χ3n) is 4.01. The summed E-state index contributed by atoms with van der Waals surface area (Å²) in [5.41, 5.74) is 5.17. The van der Waals surface area contributed by atoms with Crippen molar-refractivity contribution in [2.75, 3.05) is 0 Å². The van der Waals surface area contributed by atoms with E-state index < -0.39 is 11.8 Å². The van der Waals surface area contributed by atoms with Crippen molar-refractivity contribution in [3.63, 3.8) is 0 Å². The molecule has 1 amide bonds. The number of benzene rings is 1. The molecule has 162 valence electrons. The maximum absolute atomic E-state index is 13.6. The molecule has 0 unspecified atom stereocenters. The normalized spacial score (nSPS) is 15.2. The lowest BCUT2D eigenvalue weighted by atomic mass is 10.1. The van der Waals surface area contributed by atoms with Crippen LogP contribution in [0.5, 0.6) is 0 Å². The highest BCUT2D eigenvalue weighted by molar-refractivity contribution is 5.88. The van der Waals surface area contributed by atoms with Crippen LogP contribution in [0, 0.1) is 6.92 Å². The van der Waals surface area contributed by atoms with E-state index in [1.54, 1.807) is 6.92 Å². The zero-order valence-corrected chi connectivity index (χ0v) is 17.2. The number of alkyl halides is 2. The second-order valence-corrected chi connectivity index (χ2v) is 7.75. The molecule has 7 nitrogen and oxygen atoms in total. The SMILES string of the molecule is CC(C)(C)OC(=O)NC1CCCC1.Cc1ccc(C(F)(F)/C(N)=N/OC=O)cc1. The number of amidine groups is 1. The van der Waals surface area contributed by atoms with E-state index in [1.165, 1.54) is 37.1 Å². The molecule has 0 aromatic heterocycles. The quantitative estimate of drug-likeness (QED) is 0.250. The van der Waals surface area contributed by atoms with E-state index in [9.17, 15) is 18.4 Å². The lowest BCUT2D eigenvalue weighted by molar-refractivity contribution is -0.128. The van der Waals surface area contributed by atoms with E-state index in [2.05, 4.69) is 15.3 Å². The molecule has 0 spiro atoms. The summed E-state index contributed by atoms with van der Waals surface area (Å²) in [4.78, 5) is 24.9. The summed E-state index contributed by atoms with van der Waals surface area (Å²) in [6.45, 7) is 7.32. The second kappa shape index (κ2) is 10.7. The number of nitrogens with one attached hydrogen (secondary N) is 1. The van der Waals surface area contributed by atoms with Crippen LogP contribution in [0.15, 0.2) is 29.4 Å². The Morgan fingerprint density at radius 1 is 1.21 bits per heavy atom. The summed E-state index contributed by atoms with van der Waals surface area (Å²) in [5.74, 6) is -4.53. The number of nitrogens with zero attached hydrogens (tertiary/aromatic N) is 1. The molecule has 1 aliphatic rings. The number of aryl methyl sites for hydroxylation is 1. The third-order valence-corrected chi connectivity index (χ3v) is 4.01. The molecule has 1 saturated carbocycles. The minimum Gasteiger partial charge on any atom is -0.444 e. The van der Waals surface area contributed by atoms with Crippen LogP contribution in [0.1, 0.15) is 57.6 Å². The minimum atomic E-state index is -3.46. The molecule has 29 heavy (non-hydrogen) atoms. The van der Waals surface area contributed by atoms with Gasteiger partial charge in [0, 0.05) is 11.6 Å². The van der Waals surface area contributed by atoms with Gasteiger partial charge >= 0.3 is 18.5 Å². The van der Waals surface area contributed by atoms with Gasteiger partial charge in [-0.25, -0.2) is 4.79 Å². The summed E-state index contributed by atoms with van der Waals surface area (Å²) in [6.07, 6.45) is 4.36. The van der Waals surface area contributed by atoms with Gasteiger partial charge < -0.3 is 20.6 Å². The molecule has 0 atom stereocenters. The number of hydrogen-bond acceptors (Lipinski definition) is 5. The van der Waals surface area contributed by atoms with Gasteiger partial charge in [-0.05, 0) is 40.5 Å². The Labute approximate surface area is 169 Å². The Hall–Kier alpha value is -2.71. The van der Waals surface area contributed by atoms with Gasteiger partial charge in [-0.15, -0.1) is 0 Å². The summed E-state index contributed by atoms with van der Waals surface area (Å²) in [5, 5.41) is 5.66. The molecule has 0 heterocycles. The standard InChI is InChI=1S/C10H10F2N2O2.C10H19NO2/c1-7-2-4-8(5-3-7)10(11,12)9(13)14-16-6-15;1-10(2,3)13-9(12)11-8-6-4-5-7-8/h2-6H,1H3,(H2,13,14);8H,4-7H2,1-3H3,(H,11,12). The van der Waals surface area contributed by atoms with Gasteiger partial charge in [0.15, 0.2) is 0 Å². The van der Waals surface area contributed by atoms with Crippen LogP contribution in [0.2, 0.25) is 0 Å². The van der Waals surface area contributed by atoms with Gasteiger partial charge in [0.2, 0.25) is 5.84 Å². The van der Waals surface area contributed by atoms with E-state index in [0.717, 1.165) is 18.4 Å². The number of halogens is 2. The summed E-state index contributed by atoms with van der Waals surface area (Å²) in [6, 6.07) is 5.86. The van der Waals surface area contributed by atoms with E-state index in [4.69, 9.17) is 10.5 Å². The van der Waals surface area contributed by atoms with Crippen molar-refractivity contribution in [1.82, 2.24) is 5.32 Å². The monoisotopic (exact) mass is 413 g/mol. The van der Waals surface area contributed by atoms with Gasteiger partial charge in [0.1, 0.15) is 5.60 Å². The lowest BCUT2D eigenvalue weighted by Gasteiger charge is -2.21. The van der Waals surface area contributed by atoms with Gasteiger partial charge in [0.05, 0.1) is 0 Å². The molecule has 9 heteroatoms. The van der Waals surface area contributed by atoms with Crippen molar-refractivity contribution >= 4 is 18.4 Å². The molecule has 1 aromatic carbocycles. The van der Waals surface area contributed by atoms with E-state index in [1.807, 2.05) is 20.8 Å². The van der Waals surface area contributed by atoms with Crippen molar-refractivity contribution in [2.45, 2.75) is 70.9 Å². The molecule has 0 bridgehead atoms. The van der Waals surface area contributed by atoms with Crippen molar-refractivity contribution < 1.29 is 27.9 Å². The number of oxime groups is 1. The lowest BCUT2D eigenvalue weighted by Crippen LogP contribution is -2.37. The van der Waals surface area contributed by atoms with Crippen LogP contribution >= 0.6 is 0 Å². The van der Waals surface area contributed by atoms with E-state index >= 15 is 0 Å². The zero-order valence-electron chi connectivity index (χ0n) is 17.2. The van der Waals surface area contributed by atoms with Crippen LogP contribution in [-0.2, 0) is 20.3 Å². The van der Waals surface area contributed by atoms with Crippen molar-refractivity contribution in [1.29, 1.82) is 0 Å². The highest BCUT2D eigenvalue weighted by atomic mass is 19.3. The van der Waals surface area contributed by atoms with E-state index in [0.29, 0.717) is 6.04 Å². The molecule has 1 aliphatic carbocycles. The number of hydrogen-bond donors (Lipinski definition) is 2. The van der Waals surface area contributed by atoms with Gasteiger partial charge in [-0.3, -0.25) is 4.79 Å². The summed E-state index contributed by atoms with van der Waals surface area (Å²) in [7, 11) is 0. The summed E-state index contributed by atoms with van der Waals surface area (Å²) < 4.78 is 32.3. The highest BCUT2D eigenvalue weighted by Crippen LogP contribution is 2.28. The number of carbonyl (C=O) groups is 2. The topological polar surface area (TPSA) is 103 Å². The average Bonchev–Trinajstić information content (AvgIpc) is 3.11. The van der Waals surface area contributed by atoms with Crippen molar-refractivity contribution in [3.05, 3.63) is 35.4 Å². The van der Waals surface area contributed by atoms with Crippen LogP contribution in [0.3, 0.4) is 0 Å². The first kappa shape index (κ1) is 24.3. The van der Waals surface area contributed by atoms with Crippen LogP contribution in [0.25, 0.3) is 0 Å². The number of amides is 1. The number of ether oxygens (including phenoxy) is 1. The molecule has 3 N–H and O–H groups in total. The maximum Gasteiger partial charge on any atom is 0.407 e. The van der Waals surface area contributed by atoms with Gasteiger partial charge in [-0.1, -0.05) is 47.8 Å². The minimum absolute atomic E-state index is 0.0852. The fraction of sp³-hybridized carbons (Fsp3) is 0.550. The van der Waals surface area contributed by atoms with Crippen LogP contribution in [0.4, 0.5) is 13.6 Å². The average molecular weight is 413 g/mol. The van der Waals surface area contributed by atoms with Crippen molar-refractivity contribution in [2.24, 2.45) is 10.9 Å². The number of alkyl carbamates (subject to hydrolysis) is 1. The fourth-order valence-corrected chi connectivity index (χ4v) is 2.59. The molecule has 0 aliphatic heterocycles. The van der Waals surface area contributed by atoms with Crippen molar-refractivity contribution in [3.8, 4) is 0 Å². The largest absolute Gasteiger partial charge is 0.444 e.